The van der Waals surface area contributed by atoms with Crippen molar-refractivity contribution in [1.29, 1.82) is 0 Å². The van der Waals surface area contributed by atoms with Crippen molar-refractivity contribution in [3.63, 3.8) is 0 Å². The fraction of sp³-hybridized carbons (Fsp3) is 0.550. The number of piperidine rings is 2. The van der Waals surface area contributed by atoms with Crippen molar-refractivity contribution in [3.05, 3.63) is 29.8 Å². The van der Waals surface area contributed by atoms with Crippen molar-refractivity contribution in [2.75, 3.05) is 46.8 Å². The standard InChI is InChI=1S/C20H26F3N7.ClH.4H3N.4H2/c21-20(22,23)15-7-9-16(10-8-15)27-28-17-24-18(29-11-3-1-4-12-29)26-19(25-17)30-13-5-2-6-14-30;;;;;;;;;/h7-10,27H,1-6,11-14H2,(H,24,25,26,28);1H;4*1H3;4*1H. The van der Waals surface area contributed by atoms with Gasteiger partial charge in [0.15, 0.2) is 0 Å². The van der Waals surface area contributed by atoms with E-state index in [1.807, 2.05) is 0 Å². The van der Waals surface area contributed by atoms with E-state index in [9.17, 15) is 13.2 Å². The van der Waals surface area contributed by atoms with Crippen molar-refractivity contribution in [3.8, 4) is 0 Å². The average Bonchev–Trinajstić information content (AvgIpc) is 2.78. The Morgan fingerprint density at radius 3 is 1.49 bits per heavy atom. The first kappa shape index (κ1) is 34.5. The highest BCUT2D eigenvalue weighted by molar-refractivity contribution is 5.85. The number of nitrogens with one attached hydrogen (secondary N) is 2. The van der Waals surface area contributed by atoms with Crippen LogP contribution in [0.25, 0.3) is 0 Å². The van der Waals surface area contributed by atoms with Gasteiger partial charge in [-0.1, -0.05) is 0 Å². The number of anilines is 4. The predicted molar refractivity (Wildman–Crippen MR) is 146 cm³/mol. The summed E-state index contributed by atoms with van der Waals surface area (Å²) in [5, 5.41) is 0. The summed E-state index contributed by atoms with van der Waals surface area (Å²) in [6.07, 6.45) is 2.50. The molecule has 0 atom stereocenters. The van der Waals surface area contributed by atoms with Crippen LogP contribution in [0.2, 0.25) is 0 Å². The maximum Gasteiger partial charge on any atom is 0.416 e. The van der Waals surface area contributed by atoms with Gasteiger partial charge >= 0.3 is 6.18 Å². The lowest BCUT2D eigenvalue weighted by atomic mass is 10.1. The lowest BCUT2D eigenvalue weighted by Crippen LogP contribution is -2.34. The zero-order chi connectivity index (χ0) is 21.0. The summed E-state index contributed by atoms with van der Waals surface area (Å²) in [4.78, 5) is 18.1. The Morgan fingerprint density at radius 1 is 0.657 bits per heavy atom. The summed E-state index contributed by atoms with van der Waals surface area (Å²) in [5.41, 5.74) is 5.63. The fourth-order valence-corrected chi connectivity index (χ4v) is 3.75. The molecule has 0 bridgehead atoms. The molecular weight excluding hydrogens is 487 g/mol. The van der Waals surface area contributed by atoms with E-state index in [1.165, 1.54) is 25.0 Å². The molecule has 1 aromatic heterocycles. The van der Waals surface area contributed by atoms with E-state index in [1.54, 1.807) is 0 Å². The minimum atomic E-state index is -4.35. The van der Waals surface area contributed by atoms with Gasteiger partial charge in [-0.2, -0.15) is 28.1 Å². The molecule has 2 saturated heterocycles. The Labute approximate surface area is 216 Å². The molecule has 0 aliphatic carbocycles. The minimum Gasteiger partial charge on any atom is -0.344 e. The fourth-order valence-electron chi connectivity index (χ4n) is 3.75. The molecule has 2 aliphatic rings. The number of benzene rings is 1. The van der Waals surface area contributed by atoms with Gasteiger partial charge in [-0.3, -0.25) is 10.9 Å². The summed E-state index contributed by atoms with van der Waals surface area (Å²) in [5.74, 6) is 1.63. The van der Waals surface area contributed by atoms with Crippen LogP contribution in [0.4, 0.5) is 36.7 Å². The summed E-state index contributed by atoms with van der Waals surface area (Å²) in [6.45, 7) is 3.65. The molecule has 210 valence electrons. The number of halogens is 4. The molecule has 1 aromatic carbocycles. The Morgan fingerprint density at radius 2 is 1.09 bits per heavy atom. The number of aromatic nitrogens is 3. The normalized spacial score (nSPS) is 15.2. The van der Waals surface area contributed by atoms with Crippen molar-refractivity contribution in [2.24, 2.45) is 0 Å². The first-order chi connectivity index (χ1) is 14.5. The second kappa shape index (κ2) is 15.4. The van der Waals surface area contributed by atoms with Gasteiger partial charge in [-0.25, -0.2) is 0 Å². The number of hydrogen-bond donors (Lipinski definition) is 6. The third-order valence-corrected chi connectivity index (χ3v) is 5.42. The Hall–Kier alpha value is -2.65. The number of alkyl halides is 3. The largest absolute Gasteiger partial charge is 0.416 e. The lowest BCUT2D eigenvalue weighted by molar-refractivity contribution is -0.137. The van der Waals surface area contributed by atoms with Gasteiger partial charge < -0.3 is 34.4 Å². The van der Waals surface area contributed by atoms with E-state index < -0.39 is 11.7 Å². The van der Waals surface area contributed by atoms with Crippen LogP contribution in [0, 0.1) is 0 Å². The smallest absolute Gasteiger partial charge is 0.344 e. The first-order valence-electron chi connectivity index (χ1n) is 10.4. The van der Waals surface area contributed by atoms with Crippen molar-refractivity contribution in [2.45, 2.75) is 44.7 Å². The minimum absolute atomic E-state index is 0. The number of hydrazine groups is 1. The number of hydrogen-bond acceptors (Lipinski definition) is 11. The SMILES string of the molecule is Cl.FC(F)(F)c1ccc(NNc2nc(N3CCCCC3)nc(N3CCCCC3)n2)cc1.N.N.N.N.[HH].[HH].[HH].[HH]. The van der Waals surface area contributed by atoms with Crippen molar-refractivity contribution >= 4 is 35.9 Å². The molecule has 14 N–H and O–H groups in total. The third-order valence-electron chi connectivity index (χ3n) is 5.42. The highest BCUT2D eigenvalue weighted by atomic mass is 35.5. The van der Waals surface area contributed by atoms with Gasteiger partial charge in [0, 0.05) is 31.9 Å². The monoisotopic (exact) mass is 533 g/mol. The van der Waals surface area contributed by atoms with Crippen LogP contribution in [0.3, 0.4) is 0 Å². The number of rotatable bonds is 5. The molecule has 3 heterocycles. The molecule has 2 aromatic rings. The Kier molecular flexibility index (Phi) is 15.2. The third kappa shape index (κ3) is 9.14. The van der Waals surface area contributed by atoms with Crippen LogP contribution >= 0.6 is 12.4 Å². The maximum absolute atomic E-state index is 12.7. The summed E-state index contributed by atoms with van der Waals surface area (Å²) in [7, 11) is 0. The van der Waals surface area contributed by atoms with Gasteiger partial charge in [-0.05, 0) is 62.8 Å². The van der Waals surface area contributed by atoms with Gasteiger partial charge in [-0.15, -0.1) is 12.4 Å². The van der Waals surface area contributed by atoms with Crippen LogP contribution < -0.4 is 45.3 Å². The highest BCUT2D eigenvalue weighted by Crippen LogP contribution is 2.30. The second-order valence-electron chi connectivity index (χ2n) is 7.68. The quantitative estimate of drug-likeness (QED) is 0.232. The molecule has 0 spiro atoms. The van der Waals surface area contributed by atoms with Gasteiger partial charge in [0.1, 0.15) is 0 Å². The molecule has 35 heavy (non-hydrogen) atoms. The second-order valence-corrected chi connectivity index (χ2v) is 7.68. The molecule has 0 radical (unpaired) electrons. The Bertz CT molecular complexity index is 826. The summed E-state index contributed by atoms with van der Waals surface area (Å²) >= 11 is 0. The van der Waals surface area contributed by atoms with Gasteiger partial charge in [0.05, 0.1) is 11.3 Å². The van der Waals surface area contributed by atoms with Crippen LogP contribution in [0.1, 0.15) is 49.8 Å². The molecule has 0 saturated carbocycles. The molecule has 15 heteroatoms. The molecule has 2 fully saturated rings. The van der Waals surface area contributed by atoms with Crippen molar-refractivity contribution in [1.82, 2.24) is 39.6 Å². The van der Waals surface area contributed by atoms with E-state index in [0.29, 0.717) is 23.5 Å². The molecular formula is C20H47ClF3N11. The molecule has 0 unspecified atom stereocenters. The summed E-state index contributed by atoms with van der Waals surface area (Å²) in [6, 6.07) is 4.81. The Balaban J connectivity index is -0.000000302. The molecule has 2 aliphatic heterocycles. The lowest BCUT2D eigenvalue weighted by Gasteiger charge is -2.30. The molecule has 11 nitrogen and oxygen atoms in total. The van der Waals surface area contributed by atoms with Crippen LogP contribution in [0.15, 0.2) is 24.3 Å². The van der Waals surface area contributed by atoms with E-state index in [-0.39, 0.29) is 42.7 Å². The summed E-state index contributed by atoms with van der Waals surface area (Å²) < 4.78 is 38.2. The van der Waals surface area contributed by atoms with Gasteiger partial charge in [0.25, 0.3) is 0 Å². The van der Waals surface area contributed by atoms with Crippen molar-refractivity contribution < 1.29 is 18.9 Å². The first-order valence-corrected chi connectivity index (χ1v) is 10.4. The van der Waals surface area contributed by atoms with Crippen LogP contribution in [0.5, 0.6) is 0 Å². The molecule has 4 rings (SSSR count). The number of nitrogens with zero attached hydrogens (tertiary/aromatic N) is 5. The zero-order valence-electron chi connectivity index (χ0n) is 20.0. The maximum atomic E-state index is 12.7. The average molecular weight is 534 g/mol. The van der Waals surface area contributed by atoms with E-state index in [0.717, 1.165) is 64.0 Å². The van der Waals surface area contributed by atoms with E-state index in [2.05, 4.69) is 30.6 Å². The highest BCUT2D eigenvalue weighted by Gasteiger charge is 2.30. The van der Waals surface area contributed by atoms with E-state index >= 15 is 0 Å². The van der Waals surface area contributed by atoms with E-state index in [4.69, 9.17) is 4.98 Å². The zero-order valence-corrected chi connectivity index (χ0v) is 20.8. The van der Waals surface area contributed by atoms with Crippen LogP contribution in [-0.2, 0) is 6.18 Å². The topological polar surface area (TPSA) is 209 Å². The molecule has 0 amide bonds. The van der Waals surface area contributed by atoms with Crippen LogP contribution in [-0.4, -0.2) is 41.1 Å². The van der Waals surface area contributed by atoms with Gasteiger partial charge in [0.2, 0.25) is 17.8 Å². The predicted octanol–water partition coefficient (Wildman–Crippen LogP) is 6.36.